The molecule has 160 valence electrons. The molecular weight excluding hydrogens is 407 g/mol. The summed E-state index contributed by atoms with van der Waals surface area (Å²) in [5.41, 5.74) is 0.412. The molecule has 1 fully saturated rings. The van der Waals surface area contributed by atoms with Crippen molar-refractivity contribution < 1.29 is 13.5 Å². The lowest BCUT2D eigenvalue weighted by Crippen LogP contribution is -2.23. The summed E-state index contributed by atoms with van der Waals surface area (Å²) < 4.78 is 28.7. The van der Waals surface area contributed by atoms with Crippen molar-refractivity contribution in [3.63, 3.8) is 0 Å². The van der Waals surface area contributed by atoms with Crippen LogP contribution >= 0.6 is 0 Å². The molecule has 0 aliphatic heterocycles. The van der Waals surface area contributed by atoms with E-state index >= 15 is 0 Å². The largest absolute Gasteiger partial charge is 0.490 e. The Morgan fingerprint density at radius 1 is 1.23 bits per heavy atom. The van der Waals surface area contributed by atoms with Crippen LogP contribution < -0.4 is 16.1 Å². The Labute approximate surface area is 174 Å². The number of rotatable bonds is 5. The van der Waals surface area contributed by atoms with Crippen LogP contribution in [0.4, 0.5) is 4.39 Å². The highest BCUT2D eigenvalue weighted by Gasteiger charge is 2.30. The van der Waals surface area contributed by atoms with E-state index in [1.165, 1.54) is 34.0 Å². The maximum atomic E-state index is 13.4. The van der Waals surface area contributed by atoms with Crippen LogP contribution in [0.25, 0.3) is 11.2 Å². The summed E-state index contributed by atoms with van der Waals surface area (Å²) in [6.45, 7) is -0.0227. The molecule has 31 heavy (non-hydrogen) atoms. The number of aryl methyl sites for hydroxylation is 1. The maximum absolute atomic E-state index is 13.4. The number of hydrogen-bond acceptors (Lipinski definition) is 7. The van der Waals surface area contributed by atoms with Gasteiger partial charge in [0.1, 0.15) is 30.5 Å². The van der Waals surface area contributed by atoms with E-state index in [0.29, 0.717) is 36.2 Å². The third-order valence-corrected chi connectivity index (χ3v) is 5.42. The summed E-state index contributed by atoms with van der Waals surface area (Å²) in [5, 5.41) is 4.29. The first-order valence-electron chi connectivity index (χ1n) is 9.85. The second-order valence-electron chi connectivity index (χ2n) is 7.58. The molecule has 3 aromatic heterocycles. The summed E-state index contributed by atoms with van der Waals surface area (Å²) in [4.78, 5) is 33.2. The van der Waals surface area contributed by atoms with Crippen LogP contribution in [0.5, 0.6) is 5.75 Å². The molecule has 1 aromatic carbocycles. The fraction of sp³-hybridized carbons (Fsp3) is 0.350. The van der Waals surface area contributed by atoms with Crippen molar-refractivity contribution in [1.82, 2.24) is 28.9 Å². The van der Waals surface area contributed by atoms with E-state index < -0.39 is 5.76 Å². The third kappa shape index (κ3) is 3.62. The minimum absolute atomic E-state index is 0.0227. The topological polar surface area (TPSA) is 110 Å². The van der Waals surface area contributed by atoms with Gasteiger partial charge in [-0.05, 0) is 25.0 Å². The monoisotopic (exact) mass is 426 g/mol. The van der Waals surface area contributed by atoms with Gasteiger partial charge < -0.3 is 13.7 Å². The predicted octanol–water partition coefficient (Wildman–Crippen LogP) is 1.64. The highest BCUT2D eigenvalue weighted by molar-refractivity contribution is 5.68. The zero-order chi connectivity index (χ0) is 21.5. The zero-order valence-electron chi connectivity index (χ0n) is 16.6. The Balaban J connectivity index is 1.32. The molecule has 0 N–H and O–H groups in total. The Morgan fingerprint density at radius 2 is 2.06 bits per heavy atom. The van der Waals surface area contributed by atoms with Gasteiger partial charge in [-0.15, -0.1) is 5.10 Å². The Hall–Kier alpha value is -3.76. The van der Waals surface area contributed by atoms with Gasteiger partial charge >= 0.3 is 5.76 Å². The number of halogens is 1. The molecule has 0 bridgehead atoms. The van der Waals surface area contributed by atoms with Crippen molar-refractivity contribution >= 4 is 11.2 Å². The minimum Gasteiger partial charge on any atom is -0.490 e. The first-order chi connectivity index (χ1) is 15.0. The molecule has 11 heteroatoms. The van der Waals surface area contributed by atoms with Gasteiger partial charge in [0, 0.05) is 19.5 Å². The molecule has 1 aliphatic rings. The summed E-state index contributed by atoms with van der Waals surface area (Å²) >= 11 is 0. The average Bonchev–Trinajstić information content (AvgIpc) is 3.43. The number of hydrogen-bond donors (Lipinski definition) is 0. The summed E-state index contributed by atoms with van der Waals surface area (Å²) in [6.07, 6.45) is 4.64. The average molecular weight is 426 g/mol. The standard InChI is InChI=1S/C20H19FN6O4/c1-25-10-22-18-17(25)19(28)26(11-23-18)9-16-24-27(20(29)31-16)13-5-6-15(8-13)30-14-4-2-3-12(21)7-14/h2-4,7,10-11,13,15H,5-6,8-9H2,1H3/t13-,15-/m1/s1. The van der Waals surface area contributed by atoms with E-state index in [-0.39, 0.29) is 36.0 Å². The van der Waals surface area contributed by atoms with E-state index in [1.54, 1.807) is 23.7 Å². The molecule has 0 unspecified atom stereocenters. The van der Waals surface area contributed by atoms with Gasteiger partial charge in [0.15, 0.2) is 11.2 Å². The van der Waals surface area contributed by atoms with Crippen LogP contribution in [-0.4, -0.2) is 35.0 Å². The van der Waals surface area contributed by atoms with E-state index in [2.05, 4.69) is 15.1 Å². The number of fused-ring (bicyclic) bond motifs is 1. The van der Waals surface area contributed by atoms with Crippen LogP contribution in [0.15, 0.2) is 50.9 Å². The number of nitrogens with zero attached hydrogens (tertiary/aromatic N) is 6. The fourth-order valence-electron chi connectivity index (χ4n) is 3.93. The Morgan fingerprint density at radius 3 is 2.90 bits per heavy atom. The molecule has 3 heterocycles. The van der Waals surface area contributed by atoms with Gasteiger partial charge in [-0.3, -0.25) is 9.36 Å². The van der Waals surface area contributed by atoms with Gasteiger partial charge in [-0.2, -0.15) is 4.68 Å². The van der Waals surface area contributed by atoms with Crippen molar-refractivity contribution in [1.29, 1.82) is 0 Å². The van der Waals surface area contributed by atoms with Gasteiger partial charge in [0.2, 0.25) is 5.89 Å². The lowest BCUT2D eigenvalue weighted by Gasteiger charge is -2.13. The van der Waals surface area contributed by atoms with E-state index in [0.717, 1.165) is 0 Å². The summed E-state index contributed by atoms with van der Waals surface area (Å²) in [6, 6.07) is 5.77. The normalized spacial score (nSPS) is 18.6. The second-order valence-corrected chi connectivity index (χ2v) is 7.58. The van der Waals surface area contributed by atoms with Crippen molar-refractivity contribution in [3.8, 4) is 5.75 Å². The Bertz CT molecular complexity index is 1370. The van der Waals surface area contributed by atoms with Crippen molar-refractivity contribution in [2.45, 2.75) is 38.0 Å². The highest BCUT2D eigenvalue weighted by Crippen LogP contribution is 2.31. The maximum Gasteiger partial charge on any atom is 0.437 e. The SMILES string of the molecule is Cn1cnc2ncn(Cc3nn([C@@H]4CC[C@@H](Oc5cccc(F)c5)C4)c(=O)o3)c(=O)c21. The minimum atomic E-state index is -0.589. The number of ether oxygens (including phenoxy) is 1. The van der Waals surface area contributed by atoms with E-state index in [1.807, 2.05) is 0 Å². The number of aromatic nitrogens is 6. The molecule has 0 amide bonds. The van der Waals surface area contributed by atoms with Crippen LogP contribution in [0.2, 0.25) is 0 Å². The first kappa shape index (κ1) is 19.2. The van der Waals surface area contributed by atoms with Crippen LogP contribution in [0.3, 0.4) is 0 Å². The fourth-order valence-corrected chi connectivity index (χ4v) is 3.93. The smallest absolute Gasteiger partial charge is 0.437 e. The molecule has 1 aliphatic carbocycles. The lowest BCUT2D eigenvalue weighted by atomic mass is 10.2. The molecular formula is C20H19FN6O4. The second kappa shape index (κ2) is 7.49. The number of imidazole rings is 1. The molecule has 0 radical (unpaired) electrons. The molecule has 4 aromatic rings. The number of benzene rings is 1. The molecule has 10 nitrogen and oxygen atoms in total. The van der Waals surface area contributed by atoms with Crippen LogP contribution in [0.1, 0.15) is 31.2 Å². The van der Waals surface area contributed by atoms with E-state index in [9.17, 15) is 14.0 Å². The Kier molecular flexibility index (Phi) is 4.64. The molecule has 1 saturated carbocycles. The third-order valence-electron chi connectivity index (χ3n) is 5.42. The van der Waals surface area contributed by atoms with Gasteiger partial charge in [-0.25, -0.2) is 19.2 Å². The molecule has 5 rings (SSSR count). The predicted molar refractivity (Wildman–Crippen MR) is 106 cm³/mol. The van der Waals surface area contributed by atoms with Crippen molar-refractivity contribution in [2.75, 3.05) is 0 Å². The van der Waals surface area contributed by atoms with Gasteiger partial charge in [-0.1, -0.05) is 6.07 Å². The highest BCUT2D eigenvalue weighted by atomic mass is 19.1. The van der Waals surface area contributed by atoms with E-state index in [4.69, 9.17) is 9.15 Å². The van der Waals surface area contributed by atoms with Crippen molar-refractivity contribution in [2.24, 2.45) is 7.05 Å². The lowest BCUT2D eigenvalue weighted by molar-refractivity contribution is 0.202. The van der Waals surface area contributed by atoms with Gasteiger partial charge in [0.05, 0.1) is 12.4 Å². The van der Waals surface area contributed by atoms with Crippen molar-refractivity contribution in [3.05, 3.63) is 69.5 Å². The quantitative estimate of drug-likeness (QED) is 0.477. The van der Waals surface area contributed by atoms with Gasteiger partial charge in [0.25, 0.3) is 5.56 Å². The molecule has 0 saturated heterocycles. The molecule has 0 spiro atoms. The summed E-state index contributed by atoms with van der Waals surface area (Å²) in [7, 11) is 1.71. The summed E-state index contributed by atoms with van der Waals surface area (Å²) in [5.74, 6) is -0.381. The first-order valence-corrected chi connectivity index (χ1v) is 9.85. The zero-order valence-corrected chi connectivity index (χ0v) is 16.6. The van der Waals surface area contributed by atoms with Crippen LogP contribution in [0, 0.1) is 5.82 Å². The molecule has 2 atom stereocenters. The van der Waals surface area contributed by atoms with Crippen LogP contribution in [-0.2, 0) is 13.6 Å².